The van der Waals surface area contributed by atoms with Crippen molar-refractivity contribution in [2.75, 3.05) is 30.0 Å². The molecule has 0 unspecified atom stereocenters. The average Bonchev–Trinajstić information content (AvgIpc) is 2.70. The summed E-state index contributed by atoms with van der Waals surface area (Å²) in [5.74, 6) is -0.309. The number of carbonyl (C=O) groups is 1. The molecule has 6 nitrogen and oxygen atoms in total. The van der Waals surface area contributed by atoms with E-state index >= 15 is 0 Å². The second kappa shape index (κ2) is 5.24. The number of amides is 1. The van der Waals surface area contributed by atoms with Gasteiger partial charge in [-0.15, -0.1) is 0 Å². The first-order valence-corrected chi connectivity index (χ1v) is 6.27. The molecular formula is C14H19N5O. The van der Waals surface area contributed by atoms with Crippen molar-refractivity contribution in [3.05, 3.63) is 35.7 Å². The van der Waals surface area contributed by atoms with E-state index in [0.717, 1.165) is 11.3 Å². The highest BCUT2D eigenvalue weighted by Gasteiger charge is 2.14. The highest BCUT2D eigenvalue weighted by Crippen LogP contribution is 2.23. The number of aryl methyl sites for hydroxylation is 2. The Morgan fingerprint density at radius 3 is 2.65 bits per heavy atom. The van der Waals surface area contributed by atoms with Gasteiger partial charge in [0.1, 0.15) is 0 Å². The molecule has 3 N–H and O–H groups in total. The highest BCUT2D eigenvalue weighted by molar-refractivity contribution is 6.06. The summed E-state index contributed by atoms with van der Waals surface area (Å²) in [6.45, 7) is 2.03. The van der Waals surface area contributed by atoms with Gasteiger partial charge in [-0.05, 0) is 24.6 Å². The number of hydrogen-bond acceptors (Lipinski definition) is 4. The molecule has 2 rings (SSSR count). The molecule has 0 saturated carbocycles. The summed E-state index contributed by atoms with van der Waals surface area (Å²) < 4.78 is 1.52. The lowest BCUT2D eigenvalue weighted by molar-refractivity contribution is 0.102. The molecule has 1 aromatic carbocycles. The van der Waals surface area contributed by atoms with Crippen LogP contribution in [0.1, 0.15) is 16.1 Å². The molecule has 106 valence electrons. The van der Waals surface area contributed by atoms with Crippen molar-refractivity contribution in [3.63, 3.8) is 0 Å². The van der Waals surface area contributed by atoms with Crippen LogP contribution in [0.5, 0.6) is 0 Å². The van der Waals surface area contributed by atoms with E-state index in [2.05, 4.69) is 10.4 Å². The third kappa shape index (κ3) is 2.74. The maximum Gasteiger partial charge on any atom is 0.278 e. The summed E-state index contributed by atoms with van der Waals surface area (Å²) in [7, 11) is 5.65. The van der Waals surface area contributed by atoms with Crippen LogP contribution in [0.15, 0.2) is 24.4 Å². The van der Waals surface area contributed by atoms with Crippen LogP contribution in [0.2, 0.25) is 0 Å². The topological polar surface area (TPSA) is 76.2 Å². The van der Waals surface area contributed by atoms with Crippen molar-refractivity contribution < 1.29 is 4.79 Å². The minimum atomic E-state index is -0.309. The number of carbonyl (C=O) groups excluding carboxylic acids is 1. The number of hydrogen-bond donors (Lipinski definition) is 2. The summed E-state index contributed by atoms with van der Waals surface area (Å²) in [5, 5.41) is 6.86. The average molecular weight is 273 g/mol. The Hall–Kier alpha value is -2.50. The fourth-order valence-corrected chi connectivity index (χ4v) is 2.04. The third-order valence-corrected chi connectivity index (χ3v) is 3.02. The number of nitrogens with one attached hydrogen (secondary N) is 1. The van der Waals surface area contributed by atoms with Crippen LogP contribution in [0.3, 0.4) is 0 Å². The molecule has 6 heteroatoms. The standard InChI is InChI=1S/C14H19N5O/c1-9-5-6-10(7-12(9)18(2)3)16-14(20)13-11(15)8-19(4)17-13/h5-8H,15H2,1-4H3,(H,16,20). The summed E-state index contributed by atoms with van der Waals surface area (Å²) >= 11 is 0. The van der Waals surface area contributed by atoms with Gasteiger partial charge in [-0.3, -0.25) is 9.48 Å². The Bertz CT molecular complexity index is 645. The van der Waals surface area contributed by atoms with Crippen LogP contribution in [0.4, 0.5) is 17.1 Å². The van der Waals surface area contributed by atoms with Crippen LogP contribution in [0.25, 0.3) is 0 Å². The summed E-state index contributed by atoms with van der Waals surface area (Å²) in [6, 6.07) is 5.75. The molecule has 0 aliphatic heterocycles. The van der Waals surface area contributed by atoms with Gasteiger partial charge in [0.15, 0.2) is 5.69 Å². The van der Waals surface area contributed by atoms with Crippen LogP contribution < -0.4 is 16.0 Å². The molecule has 0 aliphatic rings. The van der Waals surface area contributed by atoms with E-state index in [9.17, 15) is 4.79 Å². The van der Waals surface area contributed by atoms with Gasteiger partial charge in [-0.25, -0.2) is 0 Å². The van der Waals surface area contributed by atoms with Gasteiger partial charge < -0.3 is 16.0 Å². The summed E-state index contributed by atoms with van der Waals surface area (Å²) in [6.07, 6.45) is 1.61. The van der Waals surface area contributed by atoms with Crippen molar-refractivity contribution in [2.45, 2.75) is 6.92 Å². The smallest absolute Gasteiger partial charge is 0.278 e. The van der Waals surface area contributed by atoms with Crippen molar-refractivity contribution in [2.24, 2.45) is 7.05 Å². The normalized spacial score (nSPS) is 10.4. The number of benzene rings is 1. The Balaban J connectivity index is 2.24. The molecule has 0 bridgehead atoms. The van der Waals surface area contributed by atoms with Crippen molar-refractivity contribution in [1.82, 2.24) is 9.78 Å². The van der Waals surface area contributed by atoms with E-state index in [4.69, 9.17) is 5.73 Å². The summed E-state index contributed by atoms with van der Waals surface area (Å²) in [5.41, 5.74) is 9.26. The Kier molecular flexibility index (Phi) is 3.65. The van der Waals surface area contributed by atoms with Crippen LogP contribution in [-0.2, 0) is 7.05 Å². The van der Waals surface area contributed by atoms with Gasteiger partial charge in [0.05, 0.1) is 5.69 Å². The minimum Gasteiger partial charge on any atom is -0.396 e. The van der Waals surface area contributed by atoms with Crippen molar-refractivity contribution in [1.29, 1.82) is 0 Å². The second-order valence-electron chi connectivity index (χ2n) is 4.96. The monoisotopic (exact) mass is 273 g/mol. The molecular weight excluding hydrogens is 254 g/mol. The molecule has 0 radical (unpaired) electrons. The fraction of sp³-hybridized carbons (Fsp3) is 0.286. The van der Waals surface area contributed by atoms with Gasteiger partial charge in [0, 0.05) is 38.7 Å². The maximum absolute atomic E-state index is 12.1. The number of nitrogens with two attached hydrogens (primary N) is 1. The van der Waals surface area contributed by atoms with Crippen LogP contribution in [0, 0.1) is 6.92 Å². The quantitative estimate of drug-likeness (QED) is 0.891. The molecule has 0 aliphatic carbocycles. The predicted octanol–water partition coefficient (Wildman–Crippen LogP) is 1.63. The fourth-order valence-electron chi connectivity index (χ4n) is 2.04. The van der Waals surface area contributed by atoms with E-state index in [-0.39, 0.29) is 11.6 Å². The van der Waals surface area contributed by atoms with Crippen LogP contribution in [-0.4, -0.2) is 29.8 Å². The second-order valence-corrected chi connectivity index (χ2v) is 4.96. The number of nitrogens with zero attached hydrogens (tertiary/aromatic N) is 3. The van der Waals surface area contributed by atoms with E-state index in [0.29, 0.717) is 11.4 Å². The molecule has 0 saturated heterocycles. The van der Waals surface area contributed by atoms with Crippen molar-refractivity contribution in [3.8, 4) is 0 Å². The Labute approximate surface area is 118 Å². The van der Waals surface area contributed by atoms with E-state index in [1.165, 1.54) is 4.68 Å². The number of rotatable bonds is 3. The number of nitrogen functional groups attached to an aromatic ring is 1. The van der Waals surface area contributed by atoms with Crippen LogP contribution >= 0.6 is 0 Å². The number of aromatic nitrogens is 2. The van der Waals surface area contributed by atoms with Gasteiger partial charge in [-0.2, -0.15) is 5.10 Å². The lowest BCUT2D eigenvalue weighted by Gasteiger charge is -2.17. The zero-order valence-corrected chi connectivity index (χ0v) is 12.1. The number of anilines is 3. The van der Waals surface area contributed by atoms with Gasteiger partial charge in [0.2, 0.25) is 0 Å². The molecule has 1 amide bonds. The molecule has 1 aromatic heterocycles. The minimum absolute atomic E-state index is 0.236. The zero-order chi connectivity index (χ0) is 14.9. The lowest BCUT2D eigenvalue weighted by Crippen LogP contribution is -2.16. The van der Waals surface area contributed by atoms with Gasteiger partial charge in [0.25, 0.3) is 5.91 Å². The highest BCUT2D eigenvalue weighted by atomic mass is 16.2. The zero-order valence-electron chi connectivity index (χ0n) is 12.1. The maximum atomic E-state index is 12.1. The molecule has 0 atom stereocenters. The van der Waals surface area contributed by atoms with Gasteiger partial charge in [-0.1, -0.05) is 6.07 Å². The van der Waals surface area contributed by atoms with Gasteiger partial charge >= 0.3 is 0 Å². The SMILES string of the molecule is Cc1ccc(NC(=O)c2nn(C)cc2N)cc1N(C)C. The molecule has 0 fully saturated rings. The molecule has 0 spiro atoms. The summed E-state index contributed by atoms with van der Waals surface area (Å²) in [4.78, 5) is 14.1. The third-order valence-electron chi connectivity index (χ3n) is 3.02. The molecule has 2 aromatic rings. The Morgan fingerprint density at radius 1 is 1.40 bits per heavy atom. The first kappa shape index (κ1) is 13.9. The largest absolute Gasteiger partial charge is 0.396 e. The first-order chi connectivity index (χ1) is 9.38. The van der Waals surface area contributed by atoms with Crippen molar-refractivity contribution >= 4 is 23.0 Å². The lowest BCUT2D eigenvalue weighted by atomic mass is 10.1. The predicted molar refractivity (Wildman–Crippen MR) is 81.1 cm³/mol. The first-order valence-electron chi connectivity index (χ1n) is 6.27. The van der Waals surface area contributed by atoms with E-state index < -0.39 is 0 Å². The van der Waals surface area contributed by atoms with E-state index in [1.54, 1.807) is 13.2 Å². The molecule has 1 heterocycles. The Morgan fingerprint density at radius 2 is 2.10 bits per heavy atom. The van der Waals surface area contributed by atoms with E-state index in [1.807, 2.05) is 44.1 Å². The molecule has 20 heavy (non-hydrogen) atoms.